The summed E-state index contributed by atoms with van der Waals surface area (Å²) >= 11 is 1.05. The summed E-state index contributed by atoms with van der Waals surface area (Å²) < 4.78 is 55.3. The second-order valence-electron chi connectivity index (χ2n) is 8.67. The second-order valence-corrected chi connectivity index (χ2v) is 9.47. The maximum Gasteiger partial charge on any atom is 0.431 e. The molecular formula is C22H22F3N3O6S. The molecule has 2 heterocycles. The Balaban J connectivity index is 2.09. The Bertz CT molecular complexity index is 1420. The van der Waals surface area contributed by atoms with Gasteiger partial charge in [-0.1, -0.05) is 0 Å². The van der Waals surface area contributed by atoms with Crippen molar-refractivity contribution >= 4 is 33.6 Å². The number of benzene rings is 1. The summed E-state index contributed by atoms with van der Waals surface area (Å²) in [6, 6.07) is 4.67. The van der Waals surface area contributed by atoms with Crippen LogP contribution < -0.4 is 11.2 Å². The highest BCUT2D eigenvalue weighted by molar-refractivity contribution is 7.13. The van der Waals surface area contributed by atoms with Crippen LogP contribution in [0.15, 0.2) is 33.9 Å². The number of methoxy groups -OCH3 is 1. The minimum atomic E-state index is -4.88. The normalized spacial score (nSPS) is 13.0. The number of ether oxygens (including phenoxy) is 2. The molecule has 3 rings (SSSR count). The first kappa shape index (κ1) is 26.1. The number of hydrogen-bond acceptors (Lipinski definition) is 8. The lowest BCUT2D eigenvalue weighted by atomic mass is 10.0. The number of rotatable bonds is 5. The van der Waals surface area contributed by atoms with Crippen LogP contribution in [0.4, 0.5) is 13.2 Å². The van der Waals surface area contributed by atoms with Crippen molar-refractivity contribution in [3.63, 3.8) is 0 Å². The van der Waals surface area contributed by atoms with E-state index in [0.29, 0.717) is 31.0 Å². The molecule has 2 aromatic heterocycles. The third-order valence-electron chi connectivity index (χ3n) is 4.97. The zero-order chi connectivity index (χ0) is 26.3. The molecule has 0 saturated carbocycles. The molecule has 1 unspecified atom stereocenters. The Morgan fingerprint density at radius 1 is 1.11 bits per heavy atom. The number of esters is 2. The molecule has 0 aliphatic carbocycles. The summed E-state index contributed by atoms with van der Waals surface area (Å²) in [6.45, 7) is 4.93. The van der Waals surface area contributed by atoms with Gasteiger partial charge in [-0.05, 0) is 50.5 Å². The molecule has 0 bridgehead atoms. The van der Waals surface area contributed by atoms with E-state index in [2.05, 4.69) is 4.37 Å². The summed E-state index contributed by atoms with van der Waals surface area (Å²) in [5.74, 6) is -2.96. The first-order chi connectivity index (χ1) is 16.1. The van der Waals surface area contributed by atoms with Gasteiger partial charge in [0.25, 0.3) is 5.56 Å². The molecule has 0 amide bonds. The van der Waals surface area contributed by atoms with E-state index in [1.165, 1.54) is 18.2 Å². The van der Waals surface area contributed by atoms with Crippen LogP contribution in [0.5, 0.6) is 0 Å². The number of carbonyl (C=O) groups is 2. The average molecular weight is 513 g/mol. The third-order valence-corrected chi connectivity index (χ3v) is 5.84. The van der Waals surface area contributed by atoms with Gasteiger partial charge in [0.2, 0.25) is 0 Å². The Morgan fingerprint density at radius 2 is 1.77 bits per heavy atom. The minimum Gasteiger partial charge on any atom is -0.468 e. The molecule has 35 heavy (non-hydrogen) atoms. The molecule has 1 atom stereocenters. The molecule has 0 saturated heterocycles. The van der Waals surface area contributed by atoms with Crippen molar-refractivity contribution in [2.24, 2.45) is 13.0 Å². The predicted molar refractivity (Wildman–Crippen MR) is 121 cm³/mol. The standard InChI is InChI=1S/C22H22F3N3O6S/c1-21(2,3)34-19(31)13(18(30)33-5)9-14-12-8-11(6-7-15(12)35-26-14)28-17(29)10-16(22(23,24)25)27(4)20(28)32/h6-8,10,13H,9H2,1-5H3. The molecule has 188 valence electrons. The summed E-state index contributed by atoms with van der Waals surface area (Å²) in [5, 5.41) is 0.416. The lowest BCUT2D eigenvalue weighted by Crippen LogP contribution is -2.40. The van der Waals surface area contributed by atoms with E-state index < -0.39 is 46.6 Å². The molecule has 1 aromatic carbocycles. The van der Waals surface area contributed by atoms with Gasteiger partial charge in [-0.25, -0.2) is 9.36 Å². The van der Waals surface area contributed by atoms with Gasteiger partial charge in [0.15, 0.2) is 5.92 Å². The van der Waals surface area contributed by atoms with Crippen LogP contribution in [-0.4, -0.2) is 38.2 Å². The van der Waals surface area contributed by atoms with Crippen molar-refractivity contribution in [1.29, 1.82) is 0 Å². The smallest absolute Gasteiger partial charge is 0.431 e. The molecule has 0 aliphatic rings. The molecular weight excluding hydrogens is 491 g/mol. The monoisotopic (exact) mass is 513 g/mol. The highest BCUT2D eigenvalue weighted by Gasteiger charge is 2.36. The Hall–Kier alpha value is -3.48. The zero-order valence-corrected chi connectivity index (χ0v) is 20.2. The van der Waals surface area contributed by atoms with Crippen molar-refractivity contribution in [3.05, 3.63) is 56.5 Å². The quantitative estimate of drug-likeness (QED) is 0.381. The van der Waals surface area contributed by atoms with Crippen molar-refractivity contribution in [1.82, 2.24) is 13.5 Å². The van der Waals surface area contributed by atoms with Crippen LogP contribution in [0.1, 0.15) is 32.2 Å². The van der Waals surface area contributed by atoms with Crippen molar-refractivity contribution in [2.45, 2.75) is 39.0 Å². The number of halogens is 3. The van der Waals surface area contributed by atoms with Gasteiger partial charge in [-0.3, -0.25) is 19.0 Å². The molecule has 3 aromatic rings. The maximum atomic E-state index is 13.2. The van der Waals surface area contributed by atoms with Crippen LogP contribution >= 0.6 is 11.5 Å². The van der Waals surface area contributed by atoms with E-state index in [4.69, 9.17) is 9.47 Å². The number of nitrogens with zero attached hydrogens (tertiary/aromatic N) is 3. The minimum absolute atomic E-state index is 0.00478. The number of hydrogen-bond donors (Lipinski definition) is 0. The summed E-state index contributed by atoms with van der Waals surface area (Å²) in [5.41, 5.74) is -4.28. The lowest BCUT2D eigenvalue weighted by Gasteiger charge is -2.22. The number of fused-ring (bicyclic) bond motifs is 1. The largest absolute Gasteiger partial charge is 0.468 e. The summed E-state index contributed by atoms with van der Waals surface area (Å²) in [7, 11) is 2.04. The highest BCUT2D eigenvalue weighted by Crippen LogP contribution is 2.29. The topological polar surface area (TPSA) is 109 Å². The molecule has 9 nitrogen and oxygen atoms in total. The molecule has 0 aliphatic heterocycles. The molecule has 0 N–H and O–H groups in total. The molecule has 13 heteroatoms. The van der Waals surface area contributed by atoms with Gasteiger partial charge in [0, 0.05) is 24.9 Å². The van der Waals surface area contributed by atoms with Gasteiger partial charge in [0.1, 0.15) is 11.3 Å². The van der Waals surface area contributed by atoms with Gasteiger partial charge in [-0.2, -0.15) is 17.5 Å². The molecule has 0 fully saturated rings. The van der Waals surface area contributed by atoms with Gasteiger partial charge < -0.3 is 9.47 Å². The lowest BCUT2D eigenvalue weighted by molar-refractivity contribution is -0.168. The van der Waals surface area contributed by atoms with E-state index in [-0.39, 0.29) is 12.1 Å². The van der Waals surface area contributed by atoms with Crippen LogP contribution in [0.3, 0.4) is 0 Å². The second kappa shape index (κ2) is 9.29. The summed E-state index contributed by atoms with van der Waals surface area (Å²) in [4.78, 5) is 50.0. The Morgan fingerprint density at radius 3 is 2.34 bits per heavy atom. The SMILES string of the molecule is COC(=O)C(Cc1nsc2ccc(-n3c(=O)cc(C(F)(F)F)n(C)c3=O)cc12)C(=O)OC(C)(C)C. The van der Waals surface area contributed by atoms with Crippen LogP contribution in [0, 0.1) is 5.92 Å². The number of carbonyl (C=O) groups excluding carboxylic acids is 2. The zero-order valence-electron chi connectivity index (χ0n) is 19.4. The van der Waals surface area contributed by atoms with E-state index >= 15 is 0 Å². The van der Waals surface area contributed by atoms with E-state index in [9.17, 15) is 32.3 Å². The first-order valence-corrected chi connectivity index (χ1v) is 11.0. The fourth-order valence-corrected chi connectivity index (χ4v) is 4.15. The number of alkyl halides is 3. The van der Waals surface area contributed by atoms with Gasteiger partial charge >= 0.3 is 23.8 Å². The first-order valence-electron chi connectivity index (χ1n) is 10.2. The van der Waals surface area contributed by atoms with Gasteiger partial charge in [0.05, 0.1) is 23.2 Å². The maximum absolute atomic E-state index is 13.2. The van der Waals surface area contributed by atoms with Crippen molar-refractivity contribution in [2.75, 3.05) is 7.11 Å². The average Bonchev–Trinajstić information content (AvgIpc) is 3.14. The summed E-state index contributed by atoms with van der Waals surface area (Å²) in [6.07, 6.45) is -5.07. The molecule has 0 spiro atoms. The predicted octanol–water partition coefficient (Wildman–Crippen LogP) is 2.84. The van der Waals surface area contributed by atoms with Crippen molar-refractivity contribution < 1.29 is 32.2 Å². The third kappa shape index (κ3) is 5.45. The fourth-order valence-electron chi connectivity index (χ4n) is 3.37. The van der Waals surface area contributed by atoms with E-state index in [1.807, 2.05) is 0 Å². The highest BCUT2D eigenvalue weighted by atomic mass is 32.1. The fraction of sp³-hybridized carbons (Fsp3) is 0.409. The van der Waals surface area contributed by atoms with Crippen LogP contribution in [0.2, 0.25) is 0 Å². The van der Waals surface area contributed by atoms with Gasteiger partial charge in [-0.15, -0.1) is 0 Å². The Labute approximate surface area is 200 Å². The Kier molecular flexibility index (Phi) is 6.93. The van der Waals surface area contributed by atoms with E-state index in [1.54, 1.807) is 20.8 Å². The molecule has 0 radical (unpaired) electrons. The van der Waals surface area contributed by atoms with Crippen molar-refractivity contribution in [3.8, 4) is 5.69 Å². The number of aromatic nitrogens is 3. The van der Waals surface area contributed by atoms with Crippen LogP contribution in [0.25, 0.3) is 15.8 Å². The van der Waals surface area contributed by atoms with Crippen LogP contribution in [-0.2, 0) is 38.7 Å². The van der Waals surface area contributed by atoms with E-state index in [0.717, 1.165) is 25.7 Å².